The number of carbonyl (C=O) groups is 1. The van der Waals surface area contributed by atoms with Gasteiger partial charge in [-0.05, 0) is 49.7 Å². The van der Waals surface area contributed by atoms with E-state index in [1.807, 2.05) is 38.1 Å². The Kier molecular flexibility index (Phi) is 4.30. The normalized spacial score (nSPS) is 10.3. The summed E-state index contributed by atoms with van der Waals surface area (Å²) < 4.78 is 0. The molecule has 0 saturated heterocycles. The van der Waals surface area contributed by atoms with E-state index in [9.17, 15) is 4.79 Å². The van der Waals surface area contributed by atoms with Crippen molar-refractivity contribution in [3.8, 4) is 0 Å². The highest BCUT2D eigenvalue weighted by Gasteiger charge is 2.18. The Bertz CT molecular complexity index is 640. The maximum absolute atomic E-state index is 12.6. The van der Waals surface area contributed by atoms with Crippen LogP contribution in [0.25, 0.3) is 0 Å². The Labute approximate surface area is 124 Å². The highest BCUT2D eigenvalue weighted by Crippen LogP contribution is 2.24. The van der Waals surface area contributed by atoms with Crippen LogP contribution in [0, 0.1) is 6.92 Å². The SMILES string of the molecule is CCN(C(=O)c1ccc(N)cc1Cl)c1cccc(C)c1. The number of nitrogens with zero attached hydrogens (tertiary/aromatic N) is 1. The predicted molar refractivity (Wildman–Crippen MR) is 84.4 cm³/mol. The number of carbonyl (C=O) groups excluding carboxylic acids is 1. The molecule has 0 aromatic heterocycles. The Morgan fingerprint density at radius 1 is 1.25 bits per heavy atom. The number of hydrogen-bond donors (Lipinski definition) is 1. The lowest BCUT2D eigenvalue weighted by Crippen LogP contribution is -2.30. The molecule has 2 aromatic rings. The molecule has 0 heterocycles. The number of nitrogen functional groups attached to an aromatic ring is 1. The molecule has 0 atom stereocenters. The van der Waals surface area contributed by atoms with Gasteiger partial charge in [0.05, 0.1) is 10.6 Å². The van der Waals surface area contributed by atoms with Gasteiger partial charge >= 0.3 is 0 Å². The molecule has 3 nitrogen and oxygen atoms in total. The summed E-state index contributed by atoms with van der Waals surface area (Å²) in [6.45, 7) is 4.51. The molecule has 0 unspecified atom stereocenters. The molecule has 20 heavy (non-hydrogen) atoms. The Hall–Kier alpha value is -2.00. The third-order valence-corrected chi connectivity index (χ3v) is 3.41. The van der Waals surface area contributed by atoms with Gasteiger partial charge in [-0.3, -0.25) is 4.79 Å². The van der Waals surface area contributed by atoms with Crippen LogP contribution >= 0.6 is 11.6 Å². The van der Waals surface area contributed by atoms with Crippen molar-refractivity contribution in [1.29, 1.82) is 0 Å². The van der Waals surface area contributed by atoms with Crippen LogP contribution in [0.5, 0.6) is 0 Å². The third-order valence-electron chi connectivity index (χ3n) is 3.10. The van der Waals surface area contributed by atoms with E-state index in [-0.39, 0.29) is 5.91 Å². The molecule has 0 spiro atoms. The zero-order valence-electron chi connectivity index (χ0n) is 11.6. The van der Waals surface area contributed by atoms with Crippen LogP contribution in [-0.4, -0.2) is 12.5 Å². The molecule has 2 rings (SSSR count). The number of halogens is 1. The van der Waals surface area contributed by atoms with Crippen LogP contribution in [0.3, 0.4) is 0 Å². The van der Waals surface area contributed by atoms with Crippen LogP contribution in [0.2, 0.25) is 5.02 Å². The molecular formula is C16H17ClN2O. The first-order valence-corrected chi connectivity index (χ1v) is 6.84. The van der Waals surface area contributed by atoms with E-state index >= 15 is 0 Å². The average molecular weight is 289 g/mol. The molecular weight excluding hydrogens is 272 g/mol. The number of amides is 1. The van der Waals surface area contributed by atoms with E-state index in [0.29, 0.717) is 22.8 Å². The quantitative estimate of drug-likeness (QED) is 0.871. The van der Waals surface area contributed by atoms with Crippen LogP contribution in [0.1, 0.15) is 22.8 Å². The van der Waals surface area contributed by atoms with Gasteiger partial charge in [-0.15, -0.1) is 0 Å². The number of aryl methyl sites for hydroxylation is 1. The van der Waals surface area contributed by atoms with E-state index in [4.69, 9.17) is 17.3 Å². The van der Waals surface area contributed by atoms with Crippen molar-refractivity contribution < 1.29 is 4.79 Å². The predicted octanol–water partition coefficient (Wildman–Crippen LogP) is 3.90. The van der Waals surface area contributed by atoms with Crippen LogP contribution < -0.4 is 10.6 Å². The monoisotopic (exact) mass is 288 g/mol. The summed E-state index contributed by atoms with van der Waals surface area (Å²) >= 11 is 6.12. The third kappa shape index (κ3) is 2.94. The fourth-order valence-corrected chi connectivity index (χ4v) is 2.36. The molecule has 4 heteroatoms. The molecule has 0 aliphatic rings. The Balaban J connectivity index is 2.39. The summed E-state index contributed by atoms with van der Waals surface area (Å²) in [5.41, 5.74) is 8.64. The van der Waals surface area contributed by atoms with Gasteiger partial charge in [0.1, 0.15) is 0 Å². The average Bonchev–Trinajstić information content (AvgIpc) is 2.39. The minimum absolute atomic E-state index is 0.122. The second-order valence-electron chi connectivity index (χ2n) is 4.63. The van der Waals surface area contributed by atoms with Crippen molar-refractivity contribution in [2.75, 3.05) is 17.2 Å². The van der Waals surface area contributed by atoms with E-state index in [1.54, 1.807) is 23.1 Å². The molecule has 0 saturated carbocycles. The second kappa shape index (κ2) is 5.97. The Morgan fingerprint density at radius 2 is 2.00 bits per heavy atom. The molecule has 2 N–H and O–H groups in total. The van der Waals surface area contributed by atoms with Gasteiger partial charge in [0.15, 0.2) is 0 Å². The first kappa shape index (κ1) is 14.4. The lowest BCUT2D eigenvalue weighted by atomic mass is 10.1. The topological polar surface area (TPSA) is 46.3 Å². The maximum Gasteiger partial charge on any atom is 0.259 e. The standard InChI is InChI=1S/C16H17ClN2O/c1-3-19(13-6-4-5-11(2)9-13)16(20)14-8-7-12(18)10-15(14)17/h4-10H,3,18H2,1-2H3. The van der Waals surface area contributed by atoms with Gasteiger partial charge in [0, 0.05) is 17.9 Å². The van der Waals surface area contributed by atoms with Crippen molar-refractivity contribution in [3.63, 3.8) is 0 Å². The summed E-state index contributed by atoms with van der Waals surface area (Å²) in [7, 11) is 0. The molecule has 0 bridgehead atoms. The number of rotatable bonds is 3. The highest BCUT2D eigenvalue weighted by atomic mass is 35.5. The van der Waals surface area contributed by atoms with E-state index in [0.717, 1.165) is 11.3 Å². The first-order valence-electron chi connectivity index (χ1n) is 6.46. The molecule has 0 aliphatic carbocycles. The minimum atomic E-state index is -0.122. The zero-order valence-corrected chi connectivity index (χ0v) is 12.3. The molecule has 0 aliphatic heterocycles. The van der Waals surface area contributed by atoms with E-state index in [2.05, 4.69) is 0 Å². The van der Waals surface area contributed by atoms with E-state index < -0.39 is 0 Å². The summed E-state index contributed by atoms with van der Waals surface area (Å²) in [6, 6.07) is 12.8. The van der Waals surface area contributed by atoms with Gasteiger partial charge in [0.25, 0.3) is 5.91 Å². The summed E-state index contributed by atoms with van der Waals surface area (Å²) in [6.07, 6.45) is 0. The molecule has 2 aromatic carbocycles. The van der Waals surface area contributed by atoms with Gasteiger partial charge in [0.2, 0.25) is 0 Å². The molecule has 104 valence electrons. The highest BCUT2D eigenvalue weighted by molar-refractivity contribution is 6.34. The van der Waals surface area contributed by atoms with Crippen molar-refractivity contribution in [1.82, 2.24) is 0 Å². The smallest absolute Gasteiger partial charge is 0.259 e. The van der Waals surface area contributed by atoms with Crippen LogP contribution in [0.4, 0.5) is 11.4 Å². The van der Waals surface area contributed by atoms with Crippen molar-refractivity contribution in [2.24, 2.45) is 0 Å². The van der Waals surface area contributed by atoms with Gasteiger partial charge < -0.3 is 10.6 Å². The lowest BCUT2D eigenvalue weighted by Gasteiger charge is -2.22. The number of benzene rings is 2. The van der Waals surface area contributed by atoms with Crippen molar-refractivity contribution in [2.45, 2.75) is 13.8 Å². The van der Waals surface area contributed by atoms with Crippen LogP contribution in [0.15, 0.2) is 42.5 Å². The number of nitrogens with two attached hydrogens (primary N) is 1. The van der Waals surface area contributed by atoms with Gasteiger partial charge in [-0.1, -0.05) is 23.7 Å². The maximum atomic E-state index is 12.6. The summed E-state index contributed by atoms with van der Waals surface area (Å²) in [5, 5.41) is 0.376. The van der Waals surface area contributed by atoms with Crippen LogP contribution in [-0.2, 0) is 0 Å². The number of anilines is 2. The summed E-state index contributed by atoms with van der Waals surface area (Å²) in [4.78, 5) is 14.3. The molecule has 0 fully saturated rings. The minimum Gasteiger partial charge on any atom is -0.399 e. The van der Waals surface area contributed by atoms with E-state index in [1.165, 1.54) is 0 Å². The zero-order chi connectivity index (χ0) is 14.7. The second-order valence-corrected chi connectivity index (χ2v) is 5.03. The van der Waals surface area contributed by atoms with Gasteiger partial charge in [-0.2, -0.15) is 0 Å². The number of hydrogen-bond acceptors (Lipinski definition) is 2. The largest absolute Gasteiger partial charge is 0.399 e. The van der Waals surface area contributed by atoms with Gasteiger partial charge in [-0.25, -0.2) is 0 Å². The van der Waals surface area contributed by atoms with Crippen molar-refractivity contribution in [3.05, 3.63) is 58.6 Å². The van der Waals surface area contributed by atoms with Crippen molar-refractivity contribution >= 4 is 28.9 Å². The first-order chi connectivity index (χ1) is 9.52. The summed E-state index contributed by atoms with van der Waals surface area (Å²) in [5.74, 6) is -0.122. The lowest BCUT2D eigenvalue weighted by molar-refractivity contribution is 0.0988. The Morgan fingerprint density at radius 3 is 2.60 bits per heavy atom. The molecule has 1 amide bonds. The molecule has 0 radical (unpaired) electrons. The fraction of sp³-hybridized carbons (Fsp3) is 0.188. The fourth-order valence-electron chi connectivity index (χ4n) is 2.09.